The quantitative estimate of drug-likeness (QED) is 0.337. The minimum absolute atomic E-state index is 0.0273. The van der Waals surface area contributed by atoms with Gasteiger partial charge in [0.2, 0.25) is 0 Å². The Hall–Kier alpha value is -3.82. The summed E-state index contributed by atoms with van der Waals surface area (Å²) in [4.78, 5) is 36.7. The van der Waals surface area contributed by atoms with Crippen molar-refractivity contribution in [1.82, 2.24) is 10.2 Å². The highest BCUT2D eigenvalue weighted by atomic mass is 16.6. The van der Waals surface area contributed by atoms with Crippen LogP contribution in [0, 0.1) is 10.1 Å². The van der Waals surface area contributed by atoms with Crippen LogP contribution < -0.4 is 15.4 Å². The third-order valence-corrected chi connectivity index (χ3v) is 5.23. The van der Waals surface area contributed by atoms with Gasteiger partial charge in [-0.15, -0.1) is 0 Å². The summed E-state index contributed by atoms with van der Waals surface area (Å²) >= 11 is 0. The number of nitro benzene ring substituents is 1. The Bertz CT molecular complexity index is 961. The number of rotatable bonds is 9. The zero-order valence-corrected chi connectivity index (χ0v) is 18.5. The van der Waals surface area contributed by atoms with Gasteiger partial charge in [0.1, 0.15) is 18.0 Å². The predicted molar refractivity (Wildman–Crippen MR) is 122 cm³/mol. The molecule has 2 amide bonds. The van der Waals surface area contributed by atoms with Gasteiger partial charge < -0.3 is 25.0 Å². The second-order valence-corrected chi connectivity index (χ2v) is 7.61. The van der Waals surface area contributed by atoms with E-state index in [4.69, 9.17) is 9.47 Å². The van der Waals surface area contributed by atoms with Crippen molar-refractivity contribution < 1.29 is 24.0 Å². The van der Waals surface area contributed by atoms with Crippen molar-refractivity contribution in [2.45, 2.75) is 32.4 Å². The van der Waals surface area contributed by atoms with Crippen LogP contribution in [0.25, 0.3) is 0 Å². The third-order valence-electron chi connectivity index (χ3n) is 5.23. The van der Waals surface area contributed by atoms with E-state index < -0.39 is 10.9 Å². The average Bonchev–Trinajstić information content (AvgIpc) is 2.82. The minimum Gasteiger partial charge on any atom is -0.482 e. The molecule has 1 aliphatic rings. The van der Waals surface area contributed by atoms with E-state index in [2.05, 4.69) is 10.6 Å². The van der Waals surface area contributed by atoms with Crippen LogP contribution in [0.5, 0.6) is 5.75 Å². The molecule has 33 heavy (non-hydrogen) atoms. The minimum atomic E-state index is -0.538. The first-order chi connectivity index (χ1) is 16.0. The summed E-state index contributed by atoms with van der Waals surface area (Å²) < 4.78 is 10.7. The van der Waals surface area contributed by atoms with Gasteiger partial charge in [-0.05, 0) is 31.4 Å². The molecule has 0 saturated carbocycles. The molecule has 0 unspecified atom stereocenters. The summed E-state index contributed by atoms with van der Waals surface area (Å²) in [6, 6.07) is 13.5. The predicted octanol–water partition coefficient (Wildman–Crippen LogP) is 3.32. The van der Waals surface area contributed by atoms with Gasteiger partial charge in [-0.25, -0.2) is 9.59 Å². The molecular weight excluding hydrogens is 428 g/mol. The van der Waals surface area contributed by atoms with E-state index >= 15 is 0 Å². The third kappa shape index (κ3) is 7.09. The van der Waals surface area contributed by atoms with E-state index in [1.165, 1.54) is 18.2 Å². The molecule has 2 aromatic carbocycles. The number of piperidine rings is 1. The lowest BCUT2D eigenvalue weighted by Gasteiger charge is -2.32. The molecule has 0 spiro atoms. The molecule has 10 nitrogen and oxygen atoms in total. The van der Waals surface area contributed by atoms with Crippen molar-refractivity contribution in [1.29, 1.82) is 0 Å². The summed E-state index contributed by atoms with van der Waals surface area (Å²) in [5, 5.41) is 17.4. The highest BCUT2D eigenvalue weighted by molar-refractivity contribution is 5.74. The van der Waals surface area contributed by atoms with Crippen molar-refractivity contribution in [2.24, 2.45) is 0 Å². The monoisotopic (exact) mass is 456 g/mol. The molecule has 0 atom stereocenters. The molecule has 176 valence electrons. The number of ether oxygens (including phenoxy) is 2. The normalized spacial score (nSPS) is 13.8. The number of esters is 1. The maximum Gasteiger partial charge on any atom is 0.344 e. The van der Waals surface area contributed by atoms with Crippen LogP contribution in [0.15, 0.2) is 48.5 Å². The second kappa shape index (κ2) is 11.7. The summed E-state index contributed by atoms with van der Waals surface area (Å²) in [5.41, 5.74) is 1.10. The number of urea groups is 1. The van der Waals surface area contributed by atoms with Crippen molar-refractivity contribution in [3.05, 3.63) is 64.2 Å². The maximum absolute atomic E-state index is 12.0. The highest BCUT2D eigenvalue weighted by Crippen LogP contribution is 2.31. The van der Waals surface area contributed by atoms with Gasteiger partial charge in [0.05, 0.1) is 4.92 Å². The zero-order valence-electron chi connectivity index (χ0n) is 18.5. The number of hydrogen-bond donors (Lipinski definition) is 2. The van der Waals surface area contributed by atoms with Gasteiger partial charge in [-0.1, -0.05) is 30.3 Å². The summed E-state index contributed by atoms with van der Waals surface area (Å²) in [6.45, 7) is 3.38. The Labute approximate surface area is 192 Å². The van der Waals surface area contributed by atoms with Gasteiger partial charge >= 0.3 is 12.0 Å². The number of carbonyl (C=O) groups excluding carboxylic acids is 2. The van der Waals surface area contributed by atoms with Crippen molar-refractivity contribution in [3.63, 3.8) is 0 Å². The van der Waals surface area contributed by atoms with Crippen LogP contribution in [-0.2, 0) is 16.1 Å². The van der Waals surface area contributed by atoms with Gasteiger partial charge in [-0.2, -0.15) is 0 Å². The molecule has 1 saturated heterocycles. The smallest absolute Gasteiger partial charge is 0.344 e. The number of hydrogen-bond acceptors (Lipinski definition) is 7. The first-order valence-electron chi connectivity index (χ1n) is 10.9. The van der Waals surface area contributed by atoms with E-state index in [-0.39, 0.29) is 31.0 Å². The fourth-order valence-electron chi connectivity index (χ4n) is 3.51. The molecular formula is C23H28N4O6. The second-order valence-electron chi connectivity index (χ2n) is 7.61. The van der Waals surface area contributed by atoms with Gasteiger partial charge in [0, 0.05) is 37.8 Å². The fourth-order valence-corrected chi connectivity index (χ4v) is 3.51. The summed E-state index contributed by atoms with van der Waals surface area (Å²) in [7, 11) is 0. The number of nitro groups is 1. The molecule has 0 aliphatic carbocycles. The summed E-state index contributed by atoms with van der Waals surface area (Å²) in [6.07, 6.45) is 1.32. The van der Waals surface area contributed by atoms with Crippen LogP contribution in [-0.4, -0.2) is 54.1 Å². The van der Waals surface area contributed by atoms with Crippen LogP contribution in [0.2, 0.25) is 0 Å². The molecule has 1 aliphatic heterocycles. The number of anilines is 1. The number of nitrogens with one attached hydrogen (secondary N) is 2. The highest BCUT2D eigenvalue weighted by Gasteiger charge is 2.25. The first kappa shape index (κ1) is 23.8. The Morgan fingerprint density at radius 2 is 1.88 bits per heavy atom. The lowest BCUT2D eigenvalue weighted by molar-refractivity contribution is -0.384. The first-order valence-corrected chi connectivity index (χ1v) is 10.9. The molecule has 0 radical (unpaired) electrons. The average molecular weight is 456 g/mol. The van der Waals surface area contributed by atoms with E-state index in [0.29, 0.717) is 43.9 Å². The van der Waals surface area contributed by atoms with Crippen molar-refractivity contribution >= 4 is 23.4 Å². The SMILES string of the molecule is CCNC(=O)N1CCC(Nc2cc(OCC(=O)OCc3ccccc3)ccc2[N+](=O)[O-])CC1. The molecule has 0 bridgehead atoms. The Morgan fingerprint density at radius 3 is 2.55 bits per heavy atom. The molecule has 1 heterocycles. The molecule has 1 fully saturated rings. The van der Waals surface area contributed by atoms with Crippen LogP contribution in [0.1, 0.15) is 25.3 Å². The molecule has 3 rings (SSSR count). The van der Waals surface area contributed by atoms with Crippen molar-refractivity contribution in [2.75, 3.05) is 31.6 Å². The van der Waals surface area contributed by atoms with E-state index in [9.17, 15) is 19.7 Å². The molecule has 2 N–H and O–H groups in total. The standard InChI is InChI=1S/C23H28N4O6/c1-2-24-23(29)26-12-10-18(11-13-26)25-20-14-19(8-9-21(20)27(30)31)32-16-22(28)33-15-17-6-4-3-5-7-17/h3-9,14,18,25H,2,10-13,15-16H2,1H3,(H,24,29). The lowest BCUT2D eigenvalue weighted by Crippen LogP contribution is -2.46. The topological polar surface area (TPSA) is 123 Å². The largest absolute Gasteiger partial charge is 0.482 e. The fraction of sp³-hybridized carbons (Fsp3) is 0.391. The number of carbonyl (C=O) groups is 2. The maximum atomic E-state index is 12.0. The zero-order chi connectivity index (χ0) is 23.6. The Balaban J connectivity index is 1.55. The van der Waals surface area contributed by atoms with Crippen molar-refractivity contribution in [3.8, 4) is 5.75 Å². The van der Waals surface area contributed by atoms with E-state index in [1.54, 1.807) is 4.90 Å². The molecule has 0 aromatic heterocycles. The van der Waals surface area contributed by atoms with Crippen LogP contribution >= 0.6 is 0 Å². The Morgan fingerprint density at radius 1 is 1.15 bits per heavy atom. The van der Waals surface area contributed by atoms with Gasteiger partial charge in [0.15, 0.2) is 6.61 Å². The molecule has 2 aromatic rings. The van der Waals surface area contributed by atoms with Gasteiger partial charge in [-0.3, -0.25) is 10.1 Å². The number of nitrogens with zero attached hydrogens (tertiary/aromatic N) is 2. The summed E-state index contributed by atoms with van der Waals surface area (Å²) in [5.74, 6) is -0.219. The van der Waals surface area contributed by atoms with Crippen LogP contribution in [0.3, 0.4) is 0 Å². The molecule has 10 heteroatoms. The number of benzene rings is 2. The Kier molecular flexibility index (Phi) is 8.45. The van der Waals surface area contributed by atoms with E-state index in [1.807, 2.05) is 37.3 Å². The van der Waals surface area contributed by atoms with Crippen LogP contribution in [0.4, 0.5) is 16.2 Å². The number of likely N-dealkylation sites (tertiary alicyclic amines) is 1. The van der Waals surface area contributed by atoms with Gasteiger partial charge in [0.25, 0.3) is 5.69 Å². The van der Waals surface area contributed by atoms with E-state index in [0.717, 1.165) is 5.56 Å². The lowest BCUT2D eigenvalue weighted by atomic mass is 10.0. The number of amides is 2.